The number of carbonyl (C=O) groups excluding carboxylic acids is 1. The quantitative estimate of drug-likeness (QED) is 0.622. The van der Waals surface area contributed by atoms with Crippen LogP contribution in [0.1, 0.15) is 34.5 Å². The van der Waals surface area contributed by atoms with E-state index in [1.165, 1.54) is 49.4 Å². The van der Waals surface area contributed by atoms with Crippen LogP contribution in [0.4, 0.5) is 0 Å². The highest BCUT2D eigenvalue weighted by molar-refractivity contribution is 9.11. The lowest BCUT2D eigenvalue weighted by molar-refractivity contribution is 0.0933. The Hall–Kier alpha value is -1.26. The Balaban J connectivity index is 0.000000188. The predicted molar refractivity (Wildman–Crippen MR) is 118 cm³/mol. The fourth-order valence-corrected chi connectivity index (χ4v) is 5.47. The van der Waals surface area contributed by atoms with Gasteiger partial charge in [-0.05, 0) is 85.4 Å². The number of rotatable bonds is 3. The molecule has 0 spiro atoms. The Morgan fingerprint density at radius 1 is 1.17 bits per heavy atom. The molecule has 9 heteroatoms. The highest BCUT2D eigenvalue weighted by Crippen LogP contribution is 2.27. The Bertz CT molecular complexity index is 922. The first-order chi connectivity index (χ1) is 13.7. The second-order valence-corrected chi connectivity index (χ2v) is 11.4. The fourth-order valence-electron chi connectivity index (χ4n) is 3.70. The number of thiophene rings is 1. The monoisotopic (exact) mass is 500 g/mol. The minimum Gasteiger partial charge on any atom is -0.347 e. The first kappa shape index (κ1) is 22.4. The molecule has 3 aliphatic heterocycles. The zero-order valence-corrected chi connectivity index (χ0v) is 19.4. The summed E-state index contributed by atoms with van der Waals surface area (Å²) in [5, 5.41) is 3.20. The summed E-state index contributed by atoms with van der Waals surface area (Å²) in [6.45, 7) is 5.28. The topological polar surface area (TPSA) is 86.7 Å². The number of hydrogen-bond donors (Lipinski definition) is 2. The van der Waals surface area contributed by atoms with Gasteiger partial charge in [0.05, 0.1) is 13.6 Å². The van der Waals surface area contributed by atoms with Gasteiger partial charge in [-0.15, -0.1) is 11.3 Å². The number of carbonyl (C=O) groups is 1. The normalized spacial score (nSPS) is 23.6. The van der Waals surface area contributed by atoms with Crippen molar-refractivity contribution in [1.29, 1.82) is 0 Å². The molecule has 158 valence electrons. The Kier molecular flexibility index (Phi) is 7.50. The first-order valence-corrected chi connectivity index (χ1v) is 12.6. The minimum atomic E-state index is -4.02. The van der Waals surface area contributed by atoms with E-state index in [4.69, 9.17) is 4.55 Å². The maximum absolute atomic E-state index is 12.1. The highest BCUT2D eigenvalue weighted by Gasteiger charge is 2.30. The second kappa shape index (κ2) is 9.70. The Labute approximate surface area is 184 Å². The van der Waals surface area contributed by atoms with Gasteiger partial charge in [-0.2, -0.15) is 8.42 Å². The molecule has 0 saturated carbocycles. The lowest BCUT2D eigenvalue weighted by atomic mass is 9.94. The molecule has 1 aromatic carbocycles. The van der Waals surface area contributed by atoms with E-state index in [0.29, 0.717) is 6.04 Å². The molecular formula is C20H25BrN2O4S2. The van der Waals surface area contributed by atoms with Gasteiger partial charge in [-0.25, -0.2) is 0 Å². The van der Waals surface area contributed by atoms with Gasteiger partial charge in [0.25, 0.3) is 16.0 Å². The molecule has 6 nitrogen and oxygen atoms in total. The van der Waals surface area contributed by atoms with Crippen molar-refractivity contribution in [2.45, 2.75) is 37.1 Å². The highest BCUT2D eigenvalue weighted by atomic mass is 79.9. The van der Waals surface area contributed by atoms with Crippen molar-refractivity contribution in [2.24, 2.45) is 5.92 Å². The van der Waals surface area contributed by atoms with Gasteiger partial charge < -0.3 is 10.2 Å². The van der Waals surface area contributed by atoms with Gasteiger partial charge in [0.15, 0.2) is 0 Å². The summed E-state index contributed by atoms with van der Waals surface area (Å²) in [4.78, 5) is 15.4. The molecule has 3 fully saturated rings. The summed E-state index contributed by atoms with van der Waals surface area (Å²) in [6, 6.07) is 10.1. The van der Waals surface area contributed by atoms with Crippen LogP contribution < -0.4 is 5.32 Å². The van der Waals surface area contributed by atoms with Crippen LogP contribution in [0.3, 0.4) is 0 Å². The third kappa shape index (κ3) is 6.62. The smallest absolute Gasteiger partial charge is 0.294 e. The molecule has 1 aromatic heterocycles. The van der Waals surface area contributed by atoms with Crippen molar-refractivity contribution in [2.75, 3.05) is 19.6 Å². The molecule has 2 bridgehead atoms. The zero-order valence-electron chi connectivity index (χ0n) is 16.2. The molecule has 5 rings (SSSR count). The SMILES string of the molecule is Cc1ccc(S(=O)(=O)O)cc1.O=C(NC1CC2CCN(CC2)C1)c1ccc(Br)s1. The molecule has 2 aromatic rings. The average molecular weight is 501 g/mol. The van der Waals surface area contributed by atoms with Crippen LogP contribution in [-0.2, 0) is 10.1 Å². The van der Waals surface area contributed by atoms with Crippen LogP contribution in [0.15, 0.2) is 45.1 Å². The van der Waals surface area contributed by atoms with Crippen LogP contribution in [0.25, 0.3) is 0 Å². The maximum Gasteiger partial charge on any atom is 0.294 e. The van der Waals surface area contributed by atoms with Crippen molar-refractivity contribution >= 4 is 43.3 Å². The van der Waals surface area contributed by atoms with Crippen LogP contribution in [0.2, 0.25) is 0 Å². The molecule has 0 aliphatic carbocycles. The van der Waals surface area contributed by atoms with E-state index in [0.717, 1.165) is 33.1 Å². The largest absolute Gasteiger partial charge is 0.347 e. The molecule has 2 N–H and O–H groups in total. The molecule has 1 unspecified atom stereocenters. The lowest BCUT2D eigenvalue weighted by Gasteiger charge is -2.26. The summed E-state index contributed by atoms with van der Waals surface area (Å²) in [5.74, 6) is 0.891. The van der Waals surface area contributed by atoms with Crippen molar-refractivity contribution in [3.63, 3.8) is 0 Å². The number of halogens is 1. The van der Waals surface area contributed by atoms with E-state index in [1.54, 1.807) is 12.1 Å². The average Bonchev–Trinajstić information content (AvgIpc) is 2.90. The summed E-state index contributed by atoms with van der Waals surface area (Å²) < 4.78 is 30.6. The number of nitrogens with zero attached hydrogens (tertiary/aromatic N) is 1. The van der Waals surface area contributed by atoms with Gasteiger partial charge in [0.2, 0.25) is 0 Å². The van der Waals surface area contributed by atoms with E-state index in [1.807, 2.05) is 19.1 Å². The number of hydrogen-bond acceptors (Lipinski definition) is 5. The third-order valence-electron chi connectivity index (χ3n) is 5.25. The number of aryl methyl sites for hydroxylation is 1. The zero-order chi connectivity index (χ0) is 21.0. The van der Waals surface area contributed by atoms with Gasteiger partial charge in [0.1, 0.15) is 0 Å². The van der Waals surface area contributed by atoms with Crippen molar-refractivity contribution in [3.8, 4) is 0 Å². The van der Waals surface area contributed by atoms with Crippen LogP contribution >= 0.6 is 27.3 Å². The van der Waals surface area contributed by atoms with Gasteiger partial charge in [-0.1, -0.05) is 17.7 Å². The van der Waals surface area contributed by atoms with E-state index >= 15 is 0 Å². The molecule has 29 heavy (non-hydrogen) atoms. The summed E-state index contributed by atoms with van der Waals surface area (Å²) in [5.41, 5.74) is 0.956. The maximum atomic E-state index is 12.1. The number of fused-ring (bicyclic) bond motifs is 4. The summed E-state index contributed by atoms with van der Waals surface area (Å²) >= 11 is 4.90. The Morgan fingerprint density at radius 3 is 2.38 bits per heavy atom. The minimum absolute atomic E-state index is 0.0666. The van der Waals surface area contributed by atoms with E-state index < -0.39 is 10.1 Å². The van der Waals surface area contributed by atoms with Crippen LogP contribution in [-0.4, -0.2) is 49.5 Å². The van der Waals surface area contributed by atoms with Crippen LogP contribution in [0, 0.1) is 12.8 Å². The van der Waals surface area contributed by atoms with Crippen LogP contribution in [0.5, 0.6) is 0 Å². The molecule has 4 heterocycles. The van der Waals surface area contributed by atoms with E-state index in [-0.39, 0.29) is 10.8 Å². The lowest BCUT2D eigenvalue weighted by Crippen LogP contribution is -2.41. The van der Waals surface area contributed by atoms with Crippen molar-refractivity contribution < 1.29 is 17.8 Å². The van der Waals surface area contributed by atoms with E-state index in [9.17, 15) is 13.2 Å². The first-order valence-electron chi connectivity index (χ1n) is 9.53. The van der Waals surface area contributed by atoms with Gasteiger partial charge >= 0.3 is 0 Å². The predicted octanol–water partition coefficient (Wildman–Crippen LogP) is 3.97. The fraction of sp³-hybridized carbons (Fsp3) is 0.450. The summed E-state index contributed by atoms with van der Waals surface area (Å²) in [7, 11) is -4.02. The van der Waals surface area contributed by atoms with Crippen molar-refractivity contribution in [3.05, 3.63) is 50.6 Å². The standard InChI is InChI=1S/C13H17BrN2OS.C7H8O3S/c14-12-2-1-11(18-12)13(17)15-10-7-9-3-5-16(8-10)6-4-9;1-6-2-4-7(5-3-6)11(8,9)10/h1-2,9-10H,3-8H2,(H,15,17);2-5H,1H3,(H,8,9,10). The molecule has 3 aliphatic rings. The summed E-state index contributed by atoms with van der Waals surface area (Å²) in [6.07, 6.45) is 3.75. The number of benzene rings is 1. The molecule has 1 amide bonds. The molecule has 1 atom stereocenters. The third-order valence-corrected chi connectivity index (χ3v) is 7.74. The molecular weight excluding hydrogens is 476 g/mol. The number of amides is 1. The van der Waals surface area contributed by atoms with Gasteiger partial charge in [0, 0.05) is 12.6 Å². The second-order valence-electron chi connectivity index (χ2n) is 7.54. The number of piperidine rings is 1. The van der Waals surface area contributed by atoms with Crippen molar-refractivity contribution in [1.82, 2.24) is 10.2 Å². The molecule has 0 radical (unpaired) electrons. The van der Waals surface area contributed by atoms with Gasteiger partial charge in [-0.3, -0.25) is 9.35 Å². The molecule has 3 saturated heterocycles. The van der Waals surface area contributed by atoms with E-state index in [2.05, 4.69) is 26.1 Å². The Morgan fingerprint density at radius 2 is 1.83 bits per heavy atom. The number of nitrogens with one attached hydrogen (secondary N) is 1.